The summed E-state index contributed by atoms with van der Waals surface area (Å²) in [6, 6.07) is 3.91. The number of allylic oxidation sites excluding steroid dienone is 1. The van der Waals surface area contributed by atoms with Gasteiger partial charge in [-0.3, -0.25) is 9.80 Å². The second-order valence-electron chi connectivity index (χ2n) is 5.60. The van der Waals surface area contributed by atoms with Crippen molar-refractivity contribution in [3.63, 3.8) is 0 Å². The van der Waals surface area contributed by atoms with Gasteiger partial charge in [-0.05, 0) is 18.6 Å². The second kappa shape index (κ2) is 12.6. The molecular formula is C19H28N6O2S. The fourth-order valence-corrected chi connectivity index (χ4v) is 3.23. The maximum Gasteiger partial charge on any atom is 0.167 e. The van der Waals surface area contributed by atoms with Crippen molar-refractivity contribution in [3.8, 4) is 0 Å². The Balaban J connectivity index is 0.00000190. The minimum Gasteiger partial charge on any atom is -0.395 e. The zero-order valence-electron chi connectivity index (χ0n) is 16.5. The number of rotatable bonds is 9. The predicted octanol–water partition coefficient (Wildman–Crippen LogP) is 2.61. The zero-order valence-corrected chi connectivity index (χ0v) is 17.3. The van der Waals surface area contributed by atoms with Crippen LogP contribution in [0.3, 0.4) is 0 Å². The number of amidine groups is 1. The lowest BCUT2D eigenvalue weighted by molar-refractivity contribution is -0.108. The number of pyridine rings is 1. The van der Waals surface area contributed by atoms with Crippen molar-refractivity contribution in [2.45, 2.75) is 39.7 Å². The summed E-state index contributed by atoms with van der Waals surface area (Å²) < 4.78 is 1.08. The van der Waals surface area contributed by atoms with Gasteiger partial charge in [-0.25, -0.2) is 15.4 Å². The first-order valence-electron chi connectivity index (χ1n) is 9.05. The number of aliphatic imine (C=N–C) groups is 1. The Kier molecular flexibility index (Phi) is 10.4. The molecule has 0 aliphatic carbocycles. The standard InChI is InChI=1S/C17H22N6O2S.C2H6/c1-23(17(4-2-3-5-24)21-9-13(18)11-25)22-10-14-6-12-8-20-16(19)7-15(12)26-14;1-2/h5-9,11,22H,2-4,10,18H2,1H3,(H2,19,20);1-2H3/b13-9+,21-17?;. The summed E-state index contributed by atoms with van der Waals surface area (Å²) in [5.41, 5.74) is 14.5. The highest BCUT2D eigenvalue weighted by Gasteiger charge is 2.08. The summed E-state index contributed by atoms with van der Waals surface area (Å²) >= 11 is 1.63. The summed E-state index contributed by atoms with van der Waals surface area (Å²) in [4.78, 5) is 30.6. The molecule has 0 spiro atoms. The van der Waals surface area contributed by atoms with Crippen LogP contribution in [0.5, 0.6) is 0 Å². The van der Waals surface area contributed by atoms with Gasteiger partial charge in [0.05, 0.1) is 11.9 Å². The van der Waals surface area contributed by atoms with E-state index in [9.17, 15) is 9.59 Å². The van der Waals surface area contributed by atoms with Crippen LogP contribution in [-0.4, -0.2) is 35.4 Å². The molecule has 0 aliphatic heterocycles. The summed E-state index contributed by atoms with van der Waals surface area (Å²) in [5, 5.41) is 2.82. The fourth-order valence-electron chi connectivity index (χ4n) is 2.22. The van der Waals surface area contributed by atoms with E-state index in [2.05, 4.69) is 21.5 Å². The largest absolute Gasteiger partial charge is 0.395 e. The third-order valence-corrected chi connectivity index (χ3v) is 4.67. The summed E-state index contributed by atoms with van der Waals surface area (Å²) in [6.07, 6.45) is 6.18. The molecule has 2 rings (SSSR count). The topological polar surface area (TPSA) is 127 Å². The van der Waals surface area contributed by atoms with Crippen LogP contribution >= 0.6 is 11.3 Å². The van der Waals surface area contributed by atoms with Crippen molar-refractivity contribution in [2.75, 3.05) is 12.8 Å². The van der Waals surface area contributed by atoms with E-state index in [1.807, 2.05) is 27.0 Å². The van der Waals surface area contributed by atoms with Gasteiger partial charge in [0, 0.05) is 47.6 Å². The molecule has 9 heteroatoms. The number of nitrogen functional groups attached to an aromatic ring is 1. The Hall–Kier alpha value is -2.78. The molecule has 0 aromatic carbocycles. The number of hydrogen-bond donors (Lipinski definition) is 3. The third kappa shape index (κ3) is 7.45. The van der Waals surface area contributed by atoms with Crippen LogP contribution in [0.2, 0.25) is 0 Å². The first-order chi connectivity index (χ1) is 13.5. The molecule has 0 radical (unpaired) electrons. The molecule has 2 heterocycles. The van der Waals surface area contributed by atoms with Crippen LogP contribution < -0.4 is 16.9 Å². The molecular weight excluding hydrogens is 376 g/mol. The quantitative estimate of drug-likeness (QED) is 0.146. The SMILES string of the molecule is CC.CN(NCc1cc2cnc(N)cc2s1)C(CCCC=O)=N/C=C(/N)C=O. The van der Waals surface area contributed by atoms with Crippen molar-refractivity contribution < 1.29 is 9.59 Å². The third-order valence-electron chi connectivity index (χ3n) is 3.57. The highest BCUT2D eigenvalue weighted by atomic mass is 32.1. The molecule has 0 saturated heterocycles. The number of anilines is 1. The monoisotopic (exact) mass is 404 g/mol. The van der Waals surface area contributed by atoms with E-state index < -0.39 is 0 Å². The van der Waals surface area contributed by atoms with Gasteiger partial charge in [0.15, 0.2) is 6.29 Å². The van der Waals surface area contributed by atoms with E-state index in [1.54, 1.807) is 22.5 Å². The molecule has 0 unspecified atom stereocenters. The van der Waals surface area contributed by atoms with E-state index in [4.69, 9.17) is 11.5 Å². The number of fused-ring (bicyclic) bond motifs is 1. The Labute approximate surface area is 169 Å². The summed E-state index contributed by atoms with van der Waals surface area (Å²) in [6.45, 7) is 4.59. The molecule has 0 saturated carbocycles. The van der Waals surface area contributed by atoms with E-state index in [0.717, 1.165) is 21.2 Å². The molecule has 0 fully saturated rings. The van der Waals surface area contributed by atoms with E-state index >= 15 is 0 Å². The minimum atomic E-state index is 0.0425. The van der Waals surface area contributed by atoms with Crippen molar-refractivity contribution in [1.82, 2.24) is 15.4 Å². The number of hydrazine groups is 1. The number of nitrogens with one attached hydrogen (secondary N) is 1. The Morgan fingerprint density at radius 3 is 2.79 bits per heavy atom. The minimum absolute atomic E-state index is 0.0425. The van der Waals surface area contributed by atoms with Gasteiger partial charge < -0.3 is 16.3 Å². The van der Waals surface area contributed by atoms with Crippen LogP contribution in [0.25, 0.3) is 10.1 Å². The van der Waals surface area contributed by atoms with Gasteiger partial charge >= 0.3 is 0 Å². The highest BCUT2D eigenvalue weighted by Crippen LogP contribution is 2.26. The normalized spacial score (nSPS) is 11.7. The molecule has 0 aliphatic rings. The molecule has 28 heavy (non-hydrogen) atoms. The molecule has 2 aromatic heterocycles. The van der Waals surface area contributed by atoms with Crippen molar-refractivity contribution in [2.24, 2.45) is 10.7 Å². The van der Waals surface area contributed by atoms with Crippen molar-refractivity contribution >= 4 is 45.6 Å². The van der Waals surface area contributed by atoms with Gasteiger partial charge in [-0.15, -0.1) is 11.3 Å². The molecule has 5 N–H and O–H groups in total. The summed E-state index contributed by atoms with van der Waals surface area (Å²) in [7, 11) is 1.83. The number of carbonyl (C=O) groups excluding carboxylic acids is 2. The van der Waals surface area contributed by atoms with Gasteiger partial charge in [0.1, 0.15) is 17.9 Å². The lowest BCUT2D eigenvalue weighted by Gasteiger charge is -2.21. The number of aromatic nitrogens is 1. The highest BCUT2D eigenvalue weighted by molar-refractivity contribution is 7.19. The Morgan fingerprint density at radius 1 is 1.36 bits per heavy atom. The Bertz CT molecular complexity index is 831. The first-order valence-corrected chi connectivity index (χ1v) is 9.87. The van der Waals surface area contributed by atoms with Gasteiger partial charge in [0.2, 0.25) is 0 Å². The number of nitrogens with zero attached hydrogens (tertiary/aromatic N) is 3. The number of aldehydes is 2. The van der Waals surface area contributed by atoms with Crippen molar-refractivity contribution in [3.05, 3.63) is 35.1 Å². The molecule has 8 nitrogen and oxygen atoms in total. The van der Waals surface area contributed by atoms with E-state index in [-0.39, 0.29) is 5.70 Å². The zero-order chi connectivity index (χ0) is 20.9. The van der Waals surface area contributed by atoms with Crippen LogP contribution in [-0.2, 0) is 16.1 Å². The van der Waals surface area contributed by atoms with Crippen LogP contribution in [0.4, 0.5) is 5.82 Å². The van der Waals surface area contributed by atoms with Gasteiger partial charge in [-0.1, -0.05) is 13.8 Å². The average Bonchev–Trinajstić information content (AvgIpc) is 3.12. The molecule has 0 bridgehead atoms. The molecule has 0 atom stereocenters. The lowest BCUT2D eigenvalue weighted by atomic mass is 10.2. The van der Waals surface area contributed by atoms with Crippen LogP contribution in [0.1, 0.15) is 38.0 Å². The fraction of sp³-hybridized carbons (Fsp3) is 0.368. The lowest BCUT2D eigenvalue weighted by Crippen LogP contribution is -2.38. The van der Waals surface area contributed by atoms with Crippen LogP contribution in [0.15, 0.2) is 35.2 Å². The molecule has 2 aromatic rings. The number of thiophene rings is 1. The average molecular weight is 405 g/mol. The van der Waals surface area contributed by atoms with Crippen molar-refractivity contribution in [1.29, 1.82) is 0 Å². The number of nitrogens with two attached hydrogens (primary N) is 2. The number of hydrogen-bond acceptors (Lipinski definition) is 8. The van der Waals surface area contributed by atoms with Crippen LogP contribution in [0, 0.1) is 0 Å². The Morgan fingerprint density at radius 2 is 2.11 bits per heavy atom. The second-order valence-corrected chi connectivity index (χ2v) is 6.77. The maximum atomic E-state index is 10.6. The smallest absolute Gasteiger partial charge is 0.167 e. The molecule has 152 valence electrons. The first kappa shape index (κ1) is 23.3. The predicted molar refractivity (Wildman–Crippen MR) is 116 cm³/mol. The van der Waals surface area contributed by atoms with E-state index in [1.165, 1.54) is 6.20 Å². The number of carbonyl (C=O) groups is 2. The summed E-state index contributed by atoms with van der Waals surface area (Å²) in [5.74, 6) is 1.18. The molecule has 0 amide bonds. The number of unbranched alkanes of at least 4 members (excludes halogenated alkanes) is 1. The maximum absolute atomic E-state index is 10.6. The van der Waals surface area contributed by atoms with E-state index in [0.29, 0.717) is 43.7 Å². The van der Waals surface area contributed by atoms with Gasteiger partial charge in [-0.2, -0.15) is 0 Å². The van der Waals surface area contributed by atoms with Gasteiger partial charge in [0.25, 0.3) is 0 Å².